The Morgan fingerprint density at radius 1 is 1.00 bits per heavy atom. The van der Waals surface area contributed by atoms with Crippen LogP contribution in [0.3, 0.4) is 0 Å². The van der Waals surface area contributed by atoms with Crippen molar-refractivity contribution in [3.8, 4) is 23.1 Å². The van der Waals surface area contributed by atoms with Crippen molar-refractivity contribution in [2.45, 2.75) is 0 Å². The molecule has 0 unspecified atom stereocenters. The zero-order chi connectivity index (χ0) is 17.1. The zero-order valence-electron chi connectivity index (χ0n) is 12.9. The molecule has 0 saturated heterocycles. The maximum absolute atomic E-state index is 12.2. The number of pyridine rings is 1. The lowest BCUT2D eigenvalue weighted by atomic mass is 10.2. The number of anilines is 1. The zero-order valence-corrected chi connectivity index (χ0v) is 12.9. The molecule has 3 heterocycles. The highest BCUT2D eigenvalue weighted by atomic mass is 16.4. The fraction of sp³-hybridized carbons (Fsp3) is 0. The predicted octanol–water partition coefficient (Wildman–Crippen LogP) is 3.64. The van der Waals surface area contributed by atoms with Crippen molar-refractivity contribution >= 4 is 11.6 Å². The van der Waals surface area contributed by atoms with E-state index in [1.54, 1.807) is 48.7 Å². The third kappa shape index (κ3) is 3.16. The SMILES string of the molecule is O=C(Nc1cccc(-c2nnc(-c3ccco3)o2)c1)c1cccnc1. The number of furan rings is 1. The summed E-state index contributed by atoms with van der Waals surface area (Å²) < 4.78 is 10.9. The minimum absolute atomic E-state index is 0.243. The lowest BCUT2D eigenvalue weighted by Crippen LogP contribution is -2.11. The molecule has 0 spiro atoms. The van der Waals surface area contributed by atoms with Crippen molar-refractivity contribution in [1.29, 1.82) is 0 Å². The molecular formula is C18H12N4O3. The Kier molecular flexibility index (Phi) is 3.80. The van der Waals surface area contributed by atoms with Gasteiger partial charge in [-0.25, -0.2) is 0 Å². The molecule has 0 atom stereocenters. The Morgan fingerprint density at radius 3 is 2.72 bits per heavy atom. The molecule has 0 fully saturated rings. The molecule has 0 aliphatic carbocycles. The average Bonchev–Trinajstić information content (AvgIpc) is 3.34. The molecule has 3 aromatic heterocycles. The van der Waals surface area contributed by atoms with Gasteiger partial charge in [-0.2, -0.15) is 0 Å². The van der Waals surface area contributed by atoms with E-state index < -0.39 is 0 Å². The van der Waals surface area contributed by atoms with E-state index in [0.717, 1.165) is 0 Å². The van der Waals surface area contributed by atoms with E-state index in [1.165, 1.54) is 12.5 Å². The summed E-state index contributed by atoms with van der Waals surface area (Å²) in [4.78, 5) is 16.1. The van der Waals surface area contributed by atoms with E-state index in [4.69, 9.17) is 8.83 Å². The summed E-state index contributed by atoms with van der Waals surface area (Å²) in [6.45, 7) is 0. The first kappa shape index (κ1) is 14.8. The first-order valence-electron chi connectivity index (χ1n) is 7.49. The summed E-state index contributed by atoms with van der Waals surface area (Å²) in [7, 11) is 0. The van der Waals surface area contributed by atoms with Gasteiger partial charge in [0.1, 0.15) is 0 Å². The molecule has 0 aliphatic heterocycles. The molecule has 4 rings (SSSR count). The van der Waals surface area contributed by atoms with E-state index in [0.29, 0.717) is 34.4 Å². The van der Waals surface area contributed by atoms with Gasteiger partial charge in [-0.3, -0.25) is 9.78 Å². The molecule has 0 radical (unpaired) electrons. The molecule has 25 heavy (non-hydrogen) atoms. The summed E-state index contributed by atoms with van der Waals surface area (Å²) in [6, 6.07) is 14.0. The second kappa shape index (κ2) is 6.40. The first-order valence-corrected chi connectivity index (χ1v) is 7.49. The predicted molar refractivity (Wildman–Crippen MR) is 89.6 cm³/mol. The van der Waals surface area contributed by atoms with Crippen LogP contribution in [0.4, 0.5) is 5.69 Å². The Morgan fingerprint density at radius 2 is 1.92 bits per heavy atom. The smallest absolute Gasteiger partial charge is 0.283 e. The van der Waals surface area contributed by atoms with Gasteiger partial charge in [-0.15, -0.1) is 10.2 Å². The molecule has 1 N–H and O–H groups in total. The van der Waals surface area contributed by atoms with Crippen molar-refractivity contribution in [1.82, 2.24) is 15.2 Å². The fourth-order valence-corrected chi connectivity index (χ4v) is 2.27. The van der Waals surface area contributed by atoms with Crippen molar-refractivity contribution < 1.29 is 13.6 Å². The third-order valence-electron chi connectivity index (χ3n) is 3.45. The molecule has 1 aromatic carbocycles. The normalized spacial score (nSPS) is 10.6. The number of aromatic nitrogens is 3. The van der Waals surface area contributed by atoms with Crippen LogP contribution in [0, 0.1) is 0 Å². The highest BCUT2D eigenvalue weighted by Crippen LogP contribution is 2.26. The van der Waals surface area contributed by atoms with Gasteiger partial charge in [0, 0.05) is 23.6 Å². The molecule has 1 amide bonds. The van der Waals surface area contributed by atoms with Gasteiger partial charge in [0.25, 0.3) is 11.8 Å². The van der Waals surface area contributed by atoms with Crippen LogP contribution in [0.25, 0.3) is 23.1 Å². The maximum Gasteiger partial charge on any atom is 0.283 e. The number of hydrogen-bond donors (Lipinski definition) is 1. The Hall–Kier alpha value is -3.74. The van der Waals surface area contributed by atoms with Crippen LogP contribution in [0.1, 0.15) is 10.4 Å². The molecule has 0 aliphatic rings. The minimum atomic E-state index is -0.243. The van der Waals surface area contributed by atoms with Gasteiger partial charge >= 0.3 is 0 Å². The van der Waals surface area contributed by atoms with Gasteiger partial charge < -0.3 is 14.2 Å². The van der Waals surface area contributed by atoms with Crippen LogP contribution in [-0.4, -0.2) is 21.1 Å². The third-order valence-corrected chi connectivity index (χ3v) is 3.45. The van der Waals surface area contributed by atoms with E-state index >= 15 is 0 Å². The highest BCUT2D eigenvalue weighted by Gasteiger charge is 2.13. The number of nitrogens with one attached hydrogen (secondary N) is 1. The van der Waals surface area contributed by atoms with Crippen LogP contribution < -0.4 is 5.32 Å². The Bertz CT molecular complexity index is 994. The second-order valence-electron chi connectivity index (χ2n) is 5.17. The van der Waals surface area contributed by atoms with Crippen LogP contribution in [0.5, 0.6) is 0 Å². The monoisotopic (exact) mass is 332 g/mol. The number of hydrogen-bond acceptors (Lipinski definition) is 6. The number of amides is 1. The molecule has 0 bridgehead atoms. The van der Waals surface area contributed by atoms with Crippen molar-refractivity contribution in [3.05, 3.63) is 72.8 Å². The van der Waals surface area contributed by atoms with Gasteiger partial charge in [0.05, 0.1) is 11.8 Å². The quantitative estimate of drug-likeness (QED) is 0.613. The summed E-state index contributed by atoms with van der Waals surface area (Å²) >= 11 is 0. The number of nitrogens with zero attached hydrogens (tertiary/aromatic N) is 3. The minimum Gasteiger partial charge on any atom is -0.459 e. The topological polar surface area (TPSA) is 94.1 Å². The summed E-state index contributed by atoms with van der Waals surface area (Å²) in [5.41, 5.74) is 1.78. The van der Waals surface area contributed by atoms with Crippen LogP contribution in [0.15, 0.2) is 76.0 Å². The lowest BCUT2D eigenvalue weighted by molar-refractivity contribution is 0.102. The van der Waals surface area contributed by atoms with E-state index in [-0.39, 0.29) is 5.91 Å². The van der Waals surface area contributed by atoms with Crippen LogP contribution in [0.2, 0.25) is 0 Å². The van der Waals surface area contributed by atoms with E-state index in [2.05, 4.69) is 20.5 Å². The van der Waals surface area contributed by atoms with E-state index in [9.17, 15) is 4.79 Å². The largest absolute Gasteiger partial charge is 0.459 e. The molecule has 122 valence electrons. The van der Waals surface area contributed by atoms with Gasteiger partial charge in [-0.05, 0) is 42.5 Å². The van der Waals surface area contributed by atoms with Gasteiger partial charge in [0.15, 0.2) is 5.76 Å². The van der Waals surface area contributed by atoms with Crippen LogP contribution in [-0.2, 0) is 0 Å². The standard InChI is InChI=1S/C18H12N4O3/c23-16(13-5-2-8-19-11-13)20-14-6-1-4-12(10-14)17-21-22-18(25-17)15-7-3-9-24-15/h1-11H,(H,20,23). The second-order valence-corrected chi connectivity index (χ2v) is 5.17. The molecule has 0 saturated carbocycles. The van der Waals surface area contributed by atoms with Crippen molar-refractivity contribution in [3.63, 3.8) is 0 Å². The number of rotatable bonds is 4. The average molecular weight is 332 g/mol. The maximum atomic E-state index is 12.2. The van der Waals surface area contributed by atoms with E-state index in [1.807, 2.05) is 6.07 Å². The highest BCUT2D eigenvalue weighted by molar-refractivity contribution is 6.04. The summed E-state index contributed by atoms with van der Waals surface area (Å²) in [5, 5.41) is 10.8. The Balaban J connectivity index is 1.57. The fourth-order valence-electron chi connectivity index (χ4n) is 2.27. The van der Waals surface area contributed by atoms with Crippen molar-refractivity contribution in [2.24, 2.45) is 0 Å². The summed E-state index contributed by atoms with van der Waals surface area (Å²) in [6.07, 6.45) is 4.66. The number of carbonyl (C=O) groups is 1. The number of carbonyl (C=O) groups excluding carboxylic acids is 1. The lowest BCUT2D eigenvalue weighted by Gasteiger charge is -2.05. The molecule has 4 aromatic rings. The molecule has 7 nitrogen and oxygen atoms in total. The Labute approximate surface area is 142 Å². The van der Waals surface area contributed by atoms with Gasteiger partial charge in [0.2, 0.25) is 5.89 Å². The number of benzene rings is 1. The van der Waals surface area contributed by atoms with Crippen LogP contribution >= 0.6 is 0 Å². The first-order chi connectivity index (χ1) is 12.3. The van der Waals surface area contributed by atoms with Crippen molar-refractivity contribution in [2.75, 3.05) is 5.32 Å². The van der Waals surface area contributed by atoms with Gasteiger partial charge in [-0.1, -0.05) is 6.07 Å². The summed E-state index contributed by atoms with van der Waals surface area (Å²) in [5.74, 6) is 0.889. The molecular weight excluding hydrogens is 320 g/mol. The molecule has 7 heteroatoms.